The van der Waals surface area contributed by atoms with E-state index in [1.807, 2.05) is 61.1 Å². The van der Waals surface area contributed by atoms with Crippen LogP contribution in [0.2, 0.25) is 0 Å². The number of ether oxygens (including phenoxy) is 1. The summed E-state index contributed by atoms with van der Waals surface area (Å²) in [5, 5.41) is 10.7. The van der Waals surface area contributed by atoms with Crippen molar-refractivity contribution < 1.29 is 4.74 Å². The average molecular weight is 505 g/mol. The number of benzene rings is 2. The van der Waals surface area contributed by atoms with Crippen LogP contribution in [0.3, 0.4) is 0 Å². The SMILES string of the molecule is CCNC(=NCc1ccnn1C)NCCOc1ccccc1-c1ccccc1.I. The first-order chi connectivity index (χ1) is 13.8. The van der Waals surface area contributed by atoms with Crippen molar-refractivity contribution in [1.82, 2.24) is 20.4 Å². The predicted octanol–water partition coefficient (Wildman–Crippen LogP) is 3.84. The minimum Gasteiger partial charge on any atom is -0.491 e. The molecule has 0 aliphatic rings. The summed E-state index contributed by atoms with van der Waals surface area (Å²) in [5.74, 6) is 1.65. The second kappa shape index (κ2) is 12.1. The average Bonchev–Trinajstić information content (AvgIpc) is 3.15. The smallest absolute Gasteiger partial charge is 0.191 e. The van der Waals surface area contributed by atoms with Crippen LogP contribution in [0.5, 0.6) is 5.75 Å². The summed E-state index contributed by atoms with van der Waals surface area (Å²) in [6.45, 7) is 4.62. The third kappa shape index (κ3) is 6.77. The first-order valence-corrected chi connectivity index (χ1v) is 9.54. The maximum atomic E-state index is 6.03. The molecule has 0 aliphatic heterocycles. The highest BCUT2D eigenvalue weighted by molar-refractivity contribution is 14.0. The lowest BCUT2D eigenvalue weighted by atomic mass is 10.1. The molecule has 0 bridgehead atoms. The third-order valence-corrected chi connectivity index (χ3v) is 4.29. The molecule has 0 radical (unpaired) electrons. The normalized spacial score (nSPS) is 10.9. The Hall–Kier alpha value is -2.55. The van der Waals surface area contributed by atoms with Crippen molar-refractivity contribution in [3.8, 4) is 16.9 Å². The summed E-state index contributed by atoms with van der Waals surface area (Å²) in [6.07, 6.45) is 1.78. The van der Waals surface area contributed by atoms with E-state index in [1.54, 1.807) is 6.20 Å². The number of para-hydroxylation sites is 1. The number of hydrogen-bond acceptors (Lipinski definition) is 3. The Morgan fingerprint density at radius 1 is 1.03 bits per heavy atom. The van der Waals surface area contributed by atoms with E-state index in [0.717, 1.165) is 35.1 Å². The Labute approximate surface area is 189 Å². The standard InChI is InChI=1S/C22H27N5O.HI/c1-3-23-22(25-17-19-13-14-26-27(19)2)24-15-16-28-21-12-8-7-11-20(21)18-9-5-4-6-10-18;/h4-14H,3,15-17H2,1-2H3,(H2,23,24,25);1H. The maximum Gasteiger partial charge on any atom is 0.191 e. The Morgan fingerprint density at radius 3 is 2.52 bits per heavy atom. The molecule has 0 saturated carbocycles. The summed E-state index contributed by atoms with van der Waals surface area (Å²) >= 11 is 0. The van der Waals surface area contributed by atoms with Gasteiger partial charge in [0.15, 0.2) is 5.96 Å². The Balaban J connectivity index is 0.00000300. The van der Waals surface area contributed by atoms with Gasteiger partial charge in [-0.1, -0.05) is 48.5 Å². The molecule has 0 amide bonds. The number of aromatic nitrogens is 2. The molecule has 0 atom stereocenters. The molecule has 0 saturated heterocycles. The quantitative estimate of drug-likeness (QED) is 0.212. The zero-order chi connectivity index (χ0) is 19.6. The molecule has 0 fully saturated rings. The second-order valence-electron chi connectivity index (χ2n) is 6.28. The number of guanidine groups is 1. The summed E-state index contributed by atoms with van der Waals surface area (Å²) in [5.41, 5.74) is 3.31. The van der Waals surface area contributed by atoms with Crippen LogP contribution in [0.1, 0.15) is 12.6 Å². The Morgan fingerprint density at radius 2 is 1.79 bits per heavy atom. The van der Waals surface area contributed by atoms with E-state index >= 15 is 0 Å². The van der Waals surface area contributed by atoms with E-state index in [4.69, 9.17) is 4.74 Å². The Bertz CT molecular complexity index is 895. The topological polar surface area (TPSA) is 63.5 Å². The molecule has 0 aliphatic carbocycles. The van der Waals surface area contributed by atoms with Gasteiger partial charge in [-0.25, -0.2) is 4.99 Å². The number of halogens is 1. The highest BCUT2D eigenvalue weighted by Crippen LogP contribution is 2.29. The molecule has 7 heteroatoms. The van der Waals surface area contributed by atoms with Crippen LogP contribution in [-0.2, 0) is 13.6 Å². The number of aryl methyl sites for hydroxylation is 1. The molecule has 2 N–H and O–H groups in total. The summed E-state index contributed by atoms with van der Waals surface area (Å²) in [4.78, 5) is 4.60. The van der Waals surface area contributed by atoms with Gasteiger partial charge < -0.3 is 15.4 Å². The van der Waals surface area contributed by atoms with Crippen molar-refractivity contribution in [2.24, 2.45) is 12.0 Å². The van der Waals surface area contributed by atoms with Gasteiger partial charge in [0, 0.05) is 25.4 Å². The van der Waals surface area contributed by atoms with E-state index in [1.165, 1.54) is 0 Å². The molecule has 154 valence electrons. The summed E-state index contributed by atoms with van der Waals surface area (Å²) < 4.78 is 7.86. The fourth-order valence-corrected chi connectivity index (χ4v) is 2.84. The molecule has 1 heterocycles. The van der Waals surface area contributed by atoms with Gasteiger partial charge in [-0.3, -0.25) is 4.68 Å². The van der Waals surface area contributed by atoms with Crippen LogP contribution in [0.4, 0.5) is 0 Å². The molecular weight excluding hydrogens is 477 g/mol. The van der Waals surface area contributed by atoms with Crippen molar-refractivity contribution >= 4 is 29.9 Å². The van der Waals surface area contributed by atoms with E-state index in [-0.39, 0.29) is 24.0 Å². The van der Waals surface area contributed by atoms with Crippen LogP contribution < -0.4 is 15.4 Å². The minimum atomic E-state index is 0. The van der Waals surface area contributed by atoms with Crippen LogP contribution in [0, 0.1) is 0 Å². The van der Waals surface area contributed by atoms with E-state index in [0.29, 0.717) is 19.7 Å². The fraction of sp³-hybridized carbons (Fsp3) is 0.273. The van der Waals surface area contributed by atoms with E-state index in [9.17, 15) is 0 Å². The van der Waals surface area contributed by atoms with Gasteiger partial charge in [0.25, 0.3) is 0 Å². The van der Waals surface area contributed by atoms with Crippen LogP contribution in [0.15, 0.2) is 71.9 Å². The largest absolute Gasteiger partial charge is 0.491 e. The van der Waals surface area contributed by atoms with Crippen molar-refractivity contribution in [1.29, 1.82) is 0 Å². The lowest BCUT2D eigenvalue weighted by Gasteiger charge is -2.14. The van der Waals surface area contributed by atoms with Gasteiger partial charge in [-0.2, -0.15) is 5.10 Å². The zero-order valence-corrected chi connectivity index (χ0v) is 19.2. The molecule has 1 aromatic heterocycles. The van der Waals surface area contributed by atoms with Crippen molar-refractivity contribution in [2.45, 2.75) is 13.5 Å². The van der Waals surface area contributed by atoms with Crippen molar-refractivity contribution in [2.75, 3.05) is 19.7 Å². The lowest BCUT2D eigenvalue weighted by molar-refractivity contribution is 0.323. The van der Waals surface area contributed by atoms with E-state index < -0.39 is 0 Å². The molecule has 3 aromatic rings. The number of nitrogens with one attached hydrogen (secondary N) is 2. The molecule has 0 unspecified atom stereocenters. The monoisotopic (exact) mass is 505 g/mol. The summed E-state index contributed by atoms with van der Waals surface area (Å²) in [7, 11) is 1.92. The molecule has 3 rings (SSSR count). The lowest BCUT2D eigenvalue weighted by Crippen LogP contribution is -2.39. The number of nitrogens with zero attached hydrogens (tertiary/aromatic N) is 3. The first-order valence-electron chi connectivity index (χ1n) is 9.54. The van der Waals surface area contributed by atoms with Gasteiger partial charge in [-0.05, 0) is 24.6 Å². The highest BCUT2D eigenvalue weighted by atomic mass is 127. The molecule has 2 aromatic carbocycles. The Kier molecular flexibility index (Phi) is 9.49. The fourth-order valence-electron chi connectivity index (χ4n) is 2.84. The summed E-state index contributed by atoms with van der Waals surface area (Å²) in [6, 6.07) is 20.4. The third-order valence-electron chi connectivity index (χ3n) is 4.29. The first kappa shape index (κ1) is 22.7. The predicted molar refractivity (Wildman–Crippen MR) is 129 cm³/mol. The zero-order valence-electron chi connectivity index (χ0n) is 16.8. The van der Waals surface area contributed by atoms with Crippen LogP contribution >= 0.6 is 24.0 Å². The molecule has 6 nitrogen and oxygen atoms in total. The number of hydrogen-bond donors (Lipinski definition) is 2. The molecule has 29 heavy (non-hydrogen) atoms. The van der Waals surface area contributed by atoms with Gasteiger partial charge in [-0.15, -0.1) is 24.0 Å². The highest BCUT2D eigenvalue weighted by Gasteiger charge is 2.05. The van der Waals surface area contributed by atoms with Crippen molar-refractivity contribution in [3.63, 3.8) is 0 Å². The number of rotatable bonds is 8. The van der Waals surface area contributed by atoms with Gasteiger partial charge >= 0.3 is 0 Å². The van der Waals surface area contributed by atoms with Crippen molar-refractivity contribution in [3.05, 3.63) is 72.6 Å². The molecule has 0 spiro atoms. The van der Waals surface area contributed by atoms with Gasteiger partial charge in [0.2, 0.25) is 0 Å². The van der Waals surface area contributed by atoms with Crippen LogP contribution in [0.25, 0.3) is 11.1 Å². The van der Waals surface area contributed by atoms with Crippen LogP contribution in [-0.4, -0.2) is 35.4 Å². The second-order valence-corrected chi connectivity index (χ2v) is 6.28. The van der Waals surface area contributed by atoms with E-state index in [2.05, 4.69) is 38.9 Å². The maximum absolute atomic E-state index is 6.03. The minimum absolute atomic E-state index is 0. The molecular formula is C22H28IN5O. The number of aliphatic imine (C=N–C) groups is 1. The van der Waals surface area contributed by atoms with Gasteiger partial charge in [0.1, 0.15) is 12.4 Å². The van der Waals surface area contributed by atoms with Gasteiger partial charge in [0.05, 0.1) is 18.8 Å².